The number of methoxy groups -OCH3 is 1. The molecule has 8 heteroatoms. The lowest BCUT2D eigenvalue weighted by atomic mass is 10.0. The number of ether oxygens (including phenoxy) is 2. The minimum Gasteiger partial charge on any atom is -0.497 e. The number of pyridine rings is 1. The van der Waals surface area contributed by atoms with Crippen molar-refractivity contribution in [3.8, 4) is 5.75 Å². The Hall–Kier alpha value is -2.87. The Morgan fingerprint density at radius 1 is 1.26 bits per heavy atom. The van der Waals surface area contributed by atoms with Crippen LogP contribution in [0.4, 0.5) is 0 Å². The van der Waals surface area contributed by atoms with Crippen LogP contribution in [0.25, 0.3) is 11.7 Å². The topological polar surface area (TPSA) is 68.1 Å². The monoisotopic (exact) mass is 440 g/mol. The van der Waals surface area contributed by atoms with E-state index in [1.807, 2.05) is 53.1 Å². The van der Waals surface area contributed by atoms with Crippen molar-refractivity contribution in [2.24, 2.45) is 0 Å². The van der Waals surface area contributed by atoms with E-state index in [9.17, 15) is 4.79 Å². The van der Waals surface area contributed by atoms with Crippen molar-refractivity contribution in [2.45, 2.75) is 6.04 Å². The third kappa shape index (κ3) is 5.07. The van der Waals surface area contributed by atoms with Crippen LogP contribution in [0.3, 0.4) is 0 Å². The molecule has 1 atom stereocenters. The number of hydrogen-bond donors (Lipinski definition) is 1. The van der Waals surface area contributed by atoms with Gasteiger partial charge in [-0.3, -0.25) is 14.1 Å². The van der Waals surface area contributed by atoms with E-state index in [1.165, 1.54) is 6.08 Å². The molecule has 3 heterocycles. The maximum atomic E-state index is 12.6. The van der Waals surface area contributed by atoms with Gasteiger partial charge < -0.3 is 14.8 Å². The Morgan fingerprint density at radius 3 is 2.77 bits per heavy atom. The molecule has 1 fully saturated rings. The van der Waals surface area contributed by atoms with Crippen LogP contribution in [0.2, 0.25) is 5.15 Å². The van der Waals surface area contributed by atoms with Crippen LogP contribution in [0, 0.1) is 0 Å². The van der Waals surface area contributed by atoms with E-state index in [4.69, 9.17) is 21.1 Å². The molecule has 0 radical (unpaired) electrons. The number of imidazole rings is 1. The minimum atomic E-state index is -0.186. The maximum absolute atomic E-state index is 12.6. The third-order valence-corrected chi connectivity index (χ3v) is 5.65. The highest BCUT2D eigenvalue weighted by Crippen LogP contribution is 2.24. The maximum Gasteiger partial charge on any atom is 0.244 e. The summed E-state index contributed by atoms with van der Waals surface area (Å²) < 4.78 is 12.6. The summed E-state index contributed by atoms with van der Waals surface area (Å²) in [4.78, 5) is 19.2. The molecule has 1 saturated heterocycles. The molecule has 0 saturated carbocycles. The Kier molecular flexibility index (Phi) is 6.86. The number of halogens is 1. The van der Waals surface area contributed by atoms with Gasteiger partial charge >= 0.3 is 0 Å². The lowest BCUT2D eigenvalue weighted by Gasteiger charge is -2.34. The molecule has 0 aliphatic carbocycles. The predicted octanol–water partition coefficient (Wildman–Crippen LogP) is 3.20. The van der Waals surface area contributed by atoms with Crippen LogP contribution in [0.5, 0.6) is 5.75 Å². The highest BCUT2D eigenvalue weighted by molar-refractivity contribution is 6.31. The van der Waals surface area contributed by atoms with E-state index in [0.29, 0.717) is 30.6 Å². The number of hydrogen-bond acceptors (Lipinski definition) is 5. The molecule has 1 aliphatic heterocycles. The lowest BCUT2D eigenvalue weighted by molar-refractivity contribution is -0.116. The van der Waals surface area contributed by atoms with E-state index in [-0.39, 0.29) is 11.9 Å². The van der Waals surface area contributed by atoms with Crippen molar-refractivity contribution in [3.63, 3.8) is 0 Å². The van der Waals surface area contributed by atoms with Crippen molar-refractivity contribution >= 4 is 29.2 Å². The van der Waals surface area contributed by atoms with E-state index < -0.39 is 0 Å². The van der Waals surface area contributed by atoms with Crippen molar-refractivity contribution < 1.29 is 14.3 Å². The standard InChI is InChI=1S/C23H25ClN4O3/c1-30-18-7-5-17(6-8-18)20(27-12-14-31-15-13-27)16-25-22(29)10-9-19-23(24)26-21-4-2-3-11-28(19)21/h2-11,20H,12-16H2,1H3,(H,25,29)/b10-9+. The van der Waals surface area contributed by atoms with Crippen LogP contribution in [-0.4, -0.2) is 60.1 Å². The largest absolute Gasteiger partial charge is 0.497 e. The Balaban J connectivity index is 1.46. The van der Waals surface area contributed by atoms with Gasteiger partial charge in [-0.15, -0.1) is 0 Å². The van der Waals surface area contributed by atoms with E-state index in [1.54, 1.807) is 13.2 Å². The van der Waals surface area contributed by atoms with Gasteiger partial charge in [-0.05, 0) is 35.9 Å². The zero-order valence-electron chi connectivity index (χ0n) is 17.3. The number of fused-ring (bicyclic) bond motifs is 1. The molecular formula is C23H25ClN4O3. The summed E-state index contributed by atoms with van der Waals surface area (Å²) in [6.07, 6.45) is 5.05. The summed E-state index contributed by atoms with van der Waals surface area (Å²) in [6.45, 7) is 3.50. The molecular weight excluding hydrogens is 416 g/mol. The average molecular weight is 441 g/mol. The van der Waals surface area contributed by atoms with Gasteiger partial charge in [0.1, 0.15) is 11.4 Å². The van der Waals surface area contributed by atoms with Gasteiger partial charge in [0, 0.05) is 31.9 Å². The number of nitrogens with zero attached hydrogens (tertiary/aromatic N) is 3. The molecule has 7 nitrogen and oxygen atoms in total. The second kappa shape index (κ2) is 9.96. The van der Waals surface area contributed by atoms with E-state index in [0.717, 1.165) is 30.0 Å². The van der Waals surface area contributed by atoms with Crippen LogP contribution in [0.1, 0.15) is 17.3 Å². The van der Waals surface area contributed by atoms with Crippen LogP contribution in [-0.2, 0) is 9.53 Å². The first-order chi connectivity index (χ1) is 15.2. The van der Waals surface area contributed by atoms with E-state index >= 15 is 0 Å². The highest BCUT2D eigenvalue weighted by atomic mass is 35.5. The molecule has 2 aromatic heterocycles. The zero-order valence-corrected chi connectivity index (χ0v) is 18.1. The van der Waals surface area contributed by atoms with Crippen LogP contribution in [0.15, 0.2) is 54.7 Å². The molecule has 1 aromatic carbocycles. The third-order valence-electron chi connectivity index (χ3n) is 5.37. The number of amides is 1. The number of morpholine rings is 1. The number of nitrogens with one attached hydrogen (secondary N) is 1. The highest BCUT2D eigenvalue weighted by Gasteiger charge is 2.23. The van der Waals surface area contributed by atoms with Gasteiger partial charge in [0.05, 0.1) is 32.1 Å². The fourth-order valence-corrected chi connectivity index (χ4v) is 3.96. The Morgan fingerprint density at radius 2 is 2.03 bits per heavy atom. The quantitative estimate of drug-likeness (QED) is 0.571. The van der Waals surface area contributed by atoms with Crippen molar-refractivity contribution in [2.75, 3.05) is 40.0 Å². The molecule has 0 bridgehead atoms. The number of aromatic nitrogens is 2. The zero-order chi connectivity index (χ0) is 21.6. The number of rotatable bonds is 7. The fraction of sp³-hybridized carbons (Fsp3) is 0.304. The Labute approximate surface area is 186 Å². The first kappa shape index (κ1) is 21.4. The summed E-state index contributed by atoms with van der Waals surface area (Å²) in [5, 5.41) is 3.39. The van der Waals surface area contributed by atoms with Gasteiger partial charge in [-0.1, -0.05) is 29.8 Å². The van der Waals surface area contributed by atoms with Gasteiger partial charge in [0.2, 0.25) is 5.91 Å². The molecule has 3 aromatic rings. The molecule has 4 rings (SSSR count). The molecule has 1 unspecified atom stereocenters. The summed E-state index contributed by atoms with van der Waals surface area (Å²) in [6, 6.07) is 13.7. The second-order valence-corrected chi connectivity index (χ2v) is 7.59. The van der Waals surface area contributed by atoms with Crippen molar-refractivity contribution in [1.29, 1.82) is 0 Å². The van der Waals surface area contributed by atoms with Gasteiger partial charge in [0.25, 0.3) is 0 Å². The fourth-order valence-electron chi connectivity index (χ4n) is 3.72. The first-order valence-electron chi connectivity index (χ1n) is 10.2. The van der Waals surface area contributed by atoms with Crippen molar-refractivity contribution in [3.05, 3.63) is 71.1 Å². The van der Waals surface area contributed by atoms with Gasteiger partial charge in [-0.25, -0.2) is 4.98 Å². The molecule has 1 amide bonds. The normalized spacial score (nSPS) is 15.9. The predicted molar refractivity (Wildman–Crippen MR) is 120 cm³/mol. The van der Waals surface area contributed by atoms with E-state index in [2.05, 4.69) is 15.2 Å². The lowest BCUT2D eigenvalue weighted by Crippen LogP contribution is -2.43. The number of carbonyl (C=O) groups excluding carboxylic acids is 1. The molecule has 1 aliphatic rings. The smallest absolute Gasteiger partial charge is 0.244 e. The first-order valence-corrected chi connectivity index (χ1v) is 10.6. The summed E-state index contributed by atoms with van der Waals surface area (Å²) in [5.41, 5.74) is 2.53. The second-order valence-electron chi connectivity index (χ2n) is 7.23. The summed E-state index contributed by atoms with van der Waals surface area (Å²) in [5.74, 6) is 0.620. The molecule has 31 heavy (non-hydrogen) atoms. The molecule has 162 valence electrons. The Bertz CT molecular complexity index is 1060. The van der Waals surface area contributed by atoms with Gasteiger partial charge in [0.15, 0.2) is 5.15 Å². The van der Waals surface area contributed by atoms with Crippen LogP contribution < -0.4 is 10.1 Å². The van der Waals surface area contributed by atoms with Gasteiger partial charge in [-0.2, -0.15) is 0 Å². The van der Waals surface area contributed by atoms with Crippen molar-refractivity contribution in [1.82, 2.24) is 19.6 Å². The number of carbonyl (C=O) groups is 1. The average Bonchev–Trinajstić information content (AvgIpc) is 3.13. The summed E-state index contributed by atoms with van der Waals surface area (Å²) >= 11 is 6.24. The SMILES string of the molecule is COc1ccc(C(CNC(=O)/C=C/c2c(Cl)nc3ccccn23)N2CCOCC2)cc1. The van der Waals surface area contributed by atoms with Crippen LogP contribution >= 0.6 is 11.6 Å². The molecule has 1 N–H and O–H groups in total. The molecule has 0 spiro atoms. The minimum absolute atomic E-state index is 0.0477. The number of benzene rings is 1. The summed E-state index contributed by atoms with van der Waals surface area (Å²) in [7, 11) is 1.65.